The van der Waals surface area contributed by atoms with Crippen molar-refractivity contribution in [2.45, 2.75) is 38.6 Å². The van der Waals surface area contributed by atoms with Crippen LogP contribution in [0.4, 0.5) is 5.69 Å². The molecule has 0 spiro atoms. The fraction of sp³-hybridized carbons (Fsp3) is 0.467. The molecule has 0 atom stereocenters. The lowest BCUT2D eigenvalue weighted by Gasteiger charge is -2.17. The Bertz CT molecular complexity index is 461. The van der Waals surface area contributed by atoms with Crippen molar-refractivity contribution in [2.75, 3.05) is 12.4 Å². The number of nitrogens with two attached hydrogens (primary N) is 1. The van der Waals surface area contributed by atoms with Crippen molar-refractivity contribution in [3.8, 4) is 0 Å². The molecule has 20 heavy (non-hydrogen) atoms. The number of nitrogens with one attached hydrogen (secondary N) is 2. The van der Waals surface area contributed by atoms with E-state index in [2.05, 4.69) is 10.6 Å². The van der Waals surface area contributed by atoms with E-state index in [0.717, 1.165) is 11.3 Å². The Morgan fingerprint density at radius 1 is 1.15 bits per heavy atom. The molecule has 0 aliphatic rings. The van der Waals surface area contributed by atoms with E-state index in [1.807, 2.05) is 26.0 Å². The summed E-state index contributed by atoms with van der Waals surface area (Å²) in [6.45, 7) is 3.79. The fourth-order valence-electron chi connectivity index (χ4n) is 1.64. The number of anilines is 1. The Labute approximate surface area is 119 Å². The number of carbonyl (C=O) groups is 2. The minimum absolute atomic E-state index is 0.0352. The monoisotopic (exact) mass is 277 g/mol. The van der Waals surface area contributed by atoms with Crippen LogP contribution in [0.25, 0.3) is 0 Å². The van der Waals surface area contributed by atoms with Crippen molar-refractivity contribution in [1.29, 1.82) is 0 Å². The lowest BCUT2D eigenvalue weighted by molar-refractivity contribution is -0.120. The van der Waals surface area contributed by atoms with Gasteiger partial charge in [-0.3, -0.25) is 9.59 Å². The highest BCUT2D eigenvalue weighted by atomic mass is 16.2. The van der Waals surface area contributed by atoms with E-state index >= 15 is 0 Å². The van der Waals surface area contributed by atoms with Gasteiger partial charge in [0.2, 0.25) is 11.8 Å². The summed E-state index contributed by atoms with van der Waals surface area (Å²) in [7, 11) is 1.61. The van der Waals surface area contributed by atoms with Gasteiger partial charge in [-0.15, -0.1) is 0 Å². The molecule has 0 aliphatic heterocycles. The van der Waals surface area contributed by atoms with Gasteiger partial charge in [0.1, 0.15) is 0 Å². The first-order valence-electron chi connectivity index (χ1n) is 6.68. The van der Waals surface area contributed by atoms with Crippen LogP contribution >= 0.6 is 0 Å². The number of hydrogen-bond donors (Lipinski definition) is 3. The van der Waals surface area contributed by atoms with E-state index < -0.39 is 0 Å². The summed E-state index contributed by atoms with van der Waals surface area (Å²) in [6.07, 6.45) is 1.36. The molecule has 0 aromatic heterocycles. The molecule has 0 radical (unpaired) electrons. The van der Waals surface area contributed by atoms with Crippen molar-refractivity contribution in [3.05, 3.63) is 29.8 Å². The number of likely N-dealkylation sites (N-methyl/N-ethyl adjacent to an activating group) is 1. The van der Waals surface area contributed by atoms with Crippen molar-refractivity contribution in [1.82, 2.24) is 5.32 Å². The first-order chi connectivity index (χ1) is 9.30. The van der Waals surface area contributed by atoms with Crippen LogP contribution in [0.2, 0.25) is 0 Å². The molecule has 5 nitrogen and oxygen atoms in total. The van der Waals surface area contributed by atoms with E-state index in [0.29, 0.717) is 19.3 Å². The van der Waals surface area contributed by atoms with Gasteiger partial charge in [-0.05, 0) is 38.0 Å². The van der Waals surface area contributed by atoms with Gasteiger partial charge in [0.15, 0.2) is 0 Å². The van der Waals surface area contributed by atoms with E-state index in [9.17, 15) is 9.59 Å². The molecular formula is C15H23N3O2. The van der Waals surface area contributed by atoms with E-state index in [4.69, 9.17) is 5.73 Å². The summed E-state index contributed by atoms with van der Waals surface area (Å²) < 4.78 is 0. The zero-order chi connectivity index (χ0) is 15.2. The second kappa shape index (κ2) is 7.05. The second-order valence-electron chi connectivity index (χ2n) is 5.58. The third kappa shape index (κ3) is 6.33. The van der Waals surface area contributed by atoms with E-state index in [1.54, 1.807) is 19.2 Å². The minimum atomic E-state index is -0.339. The van der Waals surface area contributed by atoms with Gasteiger partial charge in [-0.1, -0.05) is 12.1 Å². The molecule has 0 bridgehead atoms. The molecule has 2 amide bonds. The molecule has 0 saturated heterocycles. The molecule has 1 aromatic rings. The van der Waals surface area contributed by atoms with Crippen LogP contribution in [-0.2, 0) is 16.0 Å². The predicted octanol–water partition coefficient (Wildman–Crippen LogP) is 1.43. The normalized spacial score (nSPS) is 11.0. The van der Waals surface area contributed by atoms with Crippen LogP contribution in [0, 0.1) is 0 Å². The van der Waals surface area contributed by atoms with Crippen molar-refractivity contribution < 1.29 is 9.59 Å². The molecule has 1 rings (SSSR count). The standard InChI is InChI=1S/C15H23N3O2/c1-15(2,16)9-8-13(19)18-12-6-4-11(5-7-12)10-14(20)17-3/h4-7H,8-10,16H2,1-3H3,(H,17,20)(H,18,19). The summed E-state index contributed by atoms with van der Waals surface area (Å²) in [5, 5.41) is 5.38. The highest BCUT2D eigenvalue weighted by Gasteiger charge is 2.13. The summed E-state index contributed by atoms with van der Waals surface area (Å²) in [5.74, 6) is -0.0884. The molecular weight excluding hydrogens is 254 g/mol. The molecule has 0 fully saturated rings. The zero-order valence-electron chi connectivity index (χ0n) is 12.3. The summed E-state index contributed by atoms with van der Waals surface area (Å²) in [4.78, 5) is 23.0. The maximum absolute atomic E-state index is 11.7. The first kappa shape index (κ1) is 16.2. The van der Waals surface area contributed by atoms with Crippen LogP contribution in [0.3, 0.4) is 0 Å². The topological polar surface area (TPSA) is 84.2 Å². The highest BCUT2D eigenvalue weighted by Crippen LogP contribution is 2.12. The van der Waals surface area contributed by atoms with Gasteiger partial charge < -0.3 is 16.4 Å². The first-order valence-corrected chi connectivity index (χ1v) is 6.68. The molecule has 5 heteroatoms. The predicted molar refractivity (Wildman–Crippen MR) is 80.3 cm³/mol. The van der Waals surface area contributed by atoms with E-state index in [1.165, 1.54) is 0 Å². The molecule has 0 aliphatic carbocycles. The van der Waals surface area contributed by atoms with Crippen LogP contribution in [0.5, 0.6) is 0 Å². The summed E-state index contributed by atoms with van der Waals surface area (Å²) in [5.41, 5.74) is 7.14. The average molecular weight is 277 g/mol. The average Bonchev–Trinajstić information content (AvgIpc) is 2.38. The fourth-order valence-corrected chi connectivity index (χ4v) is 1.64. The number of hydrogen-bond acceptors (Lipinski definition) is 3. The Hall–Kier alpha value is -1.88. The van der Waals surface area contributed by atoms with Crippen LogP contribution in [0.1, 0.15) is 32.3 Å². The molecule has 1 aromatic carbocycles. The minimum Gasteiger partial charge on any atom is -0.359 e. The third-order valence-corrected chi connectivity index (χ3v) is 2.88. The smallest absolute Gasteiger partial charge is 0.224 e. The van der Waals surface area contributed by atoms with Gasteiger partial charge in [0.05, 0.1) is 6.42 Å². The van der Waals surface area contributed by atoms with Gasteiger partial charge in [0.25, 0.3) is 0 Å². The number of benzene rings is 1. The quantitative estimate of drug-likeness (QED) is 0.735. The lowest BCUT2D eigenvalue weighted by atomic mass is 10.00. The summed E-state index contributed by atoms with van der Waals surface area (Å²) >= 11 is 0. The van der Waals surface area contributed by atoms with Crippen molar-refractivity contribution in [2.24, 2.45) is 5.73 Å². The van der Waals surface area contributed by atoms with Gasteiger partial charge >= 0.3 is 0 Å². The zero-order valence-corrected chi connectivity index (χ0v) is 12.3. The SMILES string of the molecule is CNC(=O)Cc1ccc(NC(=O)CCC(C)(C)N)cc1. The van der Waals surface area contributed by atoms with Crippen LogP contribution in [0.15, 0.2) is 24.3 Å². The Morgan fingerprint density at radius 3 is 2.25 bits per heavy atom. The molecule has 0 heterocycles. The van der Waals surface area contributed by atoms with E-state index in [-0.39, 0.29) is 17.4 Å². The lowest BCUT2D eigenvalue weighted by Crippen LogP contribution is -2.33. The highest BCUT2D eigenvalue weighted by molar-refractivity contribution is 5.90. The summed E-state index contributed by atoms with van der Waals surface area (Å²) in [6, 6.07) is 7.25. The van der Waals surface area contributed by atoms with Crippen molar-refractivity contribution >= 4 is 17.5 Å². The molecule has 0 saturated carbocycles. The largest absolute Gasteiger partial charge is 0.359 e. The Kier molecular flexibility index (Phi) is 5.70. The van der Waals surface area contributed by atoms with Gasteiger partial charge in [0, 0.05) is 24.7 Å². The molecule has 110 valence electrons. The van der Waals surface area contributed by atoms with Gasteiger partial charge in [-0.2, -0.15) is 0 Å². The number of carbonyl (C=O) groups excluding carboxylic acids is 2. The van der Waals surface area contributed by atoms with Crippen LogP contribution < -0.4 is 16.4 Å². The molecule has 4 N–H and O–H groups in total. The van der Waals surface area contributed by atoms with Crippen molar-refractivity contribution in [3.63, 3.8) is 0 Å². The maximum Gasteiger partial charge on any atom is 0.224 e. The Morgan fingerprint density at radius 2 is 1.75 bits per heavy atom. The number of amides is 2. The third-order valence-electron chi connectivity index (χ3n) is 2.88. The maximum atomic E-state index is 11.7. The molecule has 0 unspecified atom stereocenters. The van der Waals surface area contributed by atoms with Crippen LogP contribution in [-0.4, -0.2) is 24.4 Å². The Balaban J connectivity index is 2.49. The number of rotatable bonds is 6. The second-order valence-corrected chi connectivity index (χ2v) is 5.58. The van der Waals surface area contributed by atoms with Gasteiger partial charge in [-0.25, -0.2) is 0 Å².